The number of carbonyl (C=O) groups excluding carboxylic acids is 1. The first-order chi connectivity index (χ1) is 16.4. The van der Waals surface area contributed by atoms with Gasteiger partial charge in [0, 0.05) is 32.5 Å². The average Bonchev–Trinajstić information content (AvgIpc) is 3.23. The molecule has 4 nitrogen and oxygen atoms in total. The second-order valence-electron chi connectivity index (χ2n) is 9.59. The molecule has 1 aromatic rings. The molecule has 1 fully saturated rings. The molecule has 36 heavy (non-hydrogen) atoms. The van der Waals surface area contributed by atoms with Crippen LogP contribution in [0.5, 0.6) is 0 Å². The maximum Gasteiger partial charge on any atom is 0.416 e. The maximum absolute atomic E-state index is 13.6. The van der Waals surface area contributed by atoms with Crippen molar-refractivity contribution in [2.75, 3.05) is 20.1 Å². The highest BCUT2D eigenvalue weighted by Crippen LogP contribution is 2.40. The van der Waals surface area contributed by atoms with E-state index in [0.29, 0.717) is 17.7 Å². The fourth-order valence-electron chi connectivity index (χ4n) is 4.63. The normalized spacial score (nSPS) is 24.6. The molecule has 0 radical (unpaired) electrons. The van der Waals surface area contributed by atoms with Gasteiger partial charge in [0.1, 0.15) is 6.17 Å². The zero-order valence-electron chi connectivity index (χ0n) is 19.7. The number of benzene rings is 1. The van der Waals surface area contributed by atoms with Crippen molar-refractivity contribution in [2.45, 2.75) is 55.9 Å². The minimum Gasteiger partial charge on any atom is -0.365 e. The summed E-state index contributed by atoms with van der Waals surface area (Å²) in [5.41, 5.74) is -5.91. The van der Waals surface area contributed by atoms with E-state index in [1.165, 1.54) is 36.8 Å². The van der Waals surface area contributed by atoms with Gasteiger partial charge in [0.05, 0.1) is 22.6 Å². The summed E-state index contributed by atoms with van der Waals surface area (Å²) in [7, 11) is 1.40. The van der Waals surface area contributed by atoms with Crippen LogP contribution in [-0.4, -0.2) is 58.9 Å². The second-order valence-corrected chi connectivity index (χ2v) is 9.98. The van der Waals surface area contributed by atoms with E-state index in [2.05, 4.69) is 0 Å². The number of likely N-dealkylation sites (N-methyl/N-ethyl adjacent to an activating group) is 1. The Morgan fingerprint density at radius 2 is 1.58 bits per heavy atom. The monoisotopic (exact) mass is 542 g/mol. The lowest BCUT2D eigenvalue weighted by atomic mass is 9.80. The van der Waals surface area contributed by atoms with Crippen molar-refractivity contribution in [3.63, 3.8) is 0 Å². The fraction of sp³-hybridized carbons (Fsp3) is 0.542. The molecule has 1 saturated heterocycles. The Labute approximate surface area is 209 Å². The molecule has 0 bridgehead atoms. The van der Waals surface area contributed by atoms with Crippen LogP contribution in [0.25, 0.3) is 0 Å². The van der Waals surface area contributed by atoms with Gasteiger partial charge < -0.3 is 10.0 Å². The van der Waals surface area contributed by atoms with Crippen LogP contribution in [0.3, 0.4) is 0 Å². The van der Waals surface area contributed by atoms with Gasteiger partial charge in [-0.3, -0.25) is 9.69 Å². The van der Waals surface area contributed by atoms with Crippen LogP contribution in [0.4, 0.5) is 30.7 Å². The molecule has 1 aliphatic carbocycles. The summed E-state index contributed by atoms with van der Waals surface area (Å²) in [6, 6.07) is 0.483. The number of nitrogens with zero attached hydrogens (tertiary/aromatic N) is 2. The first kappa shape index (κ1) is 28.5. The zero-order valence-corrected chi connectivity index (χ0v) is 20.4. The number of rotatable bonds is 5. The highest BCUT2D eigenvalue weighted by molar-refractivity contribution is 6.19. The summed E-state index contributed by atoms with van der Waals surface area (Å²) in [5, 5.41) is 9.88. The molecule has 0 saturated carbocycles. The van der Waals surface area contributed by atoms with Crippen molar-refractivity contribution >= 4 is 17.5 Å². The van der Waals surface area contributed by atoms with Crippen molar-refractivity contribution in [2.24, 2.45) is 5.92 Å². The Kier molecular flexibility index (Phi) is 7.89. The van der Waals surface area contributed by atoms with E-state index in [4.69, 9.17) is 11.6 Å². The van der Waals surface area contributed by atoms with E-state index < -0.39 is 64.2 Å². The number of hydrogen-bond donors (Lipinski definition) is 1. The van der Waals surface area contributed by atoms with E-state index in [9.17, 15) is 40.6 Å². The standard InChI is InChI=1S/C24H26ClF7N2O2/c1-22(2,14-8-15(23(27,28)29)10-16(9-14)24(30,31)32)20(35)33(3)19-12-34(21(25)36)11-18(19)13-4-6-17(26)7-5-13/h4-6,8-10,17-19,21,36H,7,11-12H2,1-3H3/t17?,18-,19+,21?/m0/s1. The number of aliphatic hydroxyl groups excluding tert-OH is 1. The minimum atomic E-state index is -5.05. The average molecular weight is 543 g/mol. The molecule has 2 unspecified atom stereocenters. The van der Waals surface area contributed by atoms with Crippen molar-refractivity contribution < 1.29 is 40.6 Å². The van der Waals surface area contributed by atoms with Crippen molar-refractivity contribution in [3.05, 3.63) is 58.7 Å². The molecular weight excluding hydrogens is 517 g/mol. The first-order valence-corrected chi connectivity index (χ1v) is 11.5. The lowest BCUT2D eigenvalue weighted by Crippen LogP contribution is -2.49. The van der Waals surface area contributed by atoms with Gasteiger partial charge in [0.2, 0.25) is 5.91 Å². The summed E-state index contributed by atoms with van der Waals surface area (Å²) in [6.45, 7) is 2.82. The van der Waals surface area contributed by atoms with Crippen LogP contribution in [-0.2, 0) is 22.6 Å². The summed E-state index contributed by atoms with van der Waals surface area (Å²) < 4.78 is 93.9. The Balaban J connectivity index is 1.98. The third-order valence-corrected chi connectivity index (χ3v) is 7.06. The third-order valence-electron chi connectivity index (χ3n) is 6.78. The Hall–Kier alpha value is -2.11. The van der Waals surface area contributed by atoms with Gasteiger partial charge in [-0.05, 0) is 43.2 Å². The molecule has 200 valence electrons. The van der Waals surface area contributed by atoms with Gasteiger partial charge in [0.15, 0.2) is 5.69 Å². The molecule has 1 N–H and O–H groups in total. The molecule has 1 aliphatic heterocycles. The Morgan fingerprint density at radius 3 is 2.03 bits per heavy atom. The SMILES string of the molecule is CN(C(=O)C(C)(C)c1cc(C(F)(F)F)cc(C(F)(F)F)c1)[C@@H]1CN(C(O)Cl)C[C@H]1C1=CCC(F)C=C1. The lowest BCUT2D eigenvalue weighted by molar-refractivity contribution is -0.144. The van der Waals surface area contributed by atoms with E-state index >= 15 is 0 Å². The molecule has 1 aromatic carbocycles. The molecular formula is C24H26ClF7N2O2. The van der Waals surface area contributed by atoms with E-state index in [0.717, 1.165) is 0 Å². The lowest BCUT2D eigenvalue weighted by Gasteiger charge is -2.36. The second kappa shape index (κ2) is 9.98. The molecule has 1 heterocycles. The summed E-state index contributed by atoms with van der Waals surface area (Å²) >= 11 is 5.83. The first-order valence-electron chi connectivity index (χ1n) is 11.1. The molecule has 12 heteroatoms. The predicted molar refractivity (Wildman–Crippen MR) is 120 cm³/mol. The van der Waals surface area contributed by atoms with Crippen LogP contribution in [0.15, 0.2) is 42.0 Å². The summed E-state index contributed by atoms with van der Waals surface area (Å²) in [6.07, 6.45) is -6.55. The van der Waals surface area contributed by atoms with Gasteiger partial charge in [-0.15, -0.1) is 0 Å². The maximum atomic E-state index is 13.6. The molecule has 1 amide bonds. The molecule has 0 aromatic heterocycles. The predicted octanol–water partition coefficient (Wildman–Crippen LogP) is 5.50. The van der Waals surface area contributed by atoms with Gasteiger partial charge in [-0.1, -0.05) is 29.8 Å². The molecule has 0 spiro atoms. The van der Waals surface area contributed by atoms with E-state index in [1.54, 1.807) is 12.2 Å². The number of amides is 1. The fourth-order valence-corrected chi connectivity index (χ4v) is 4.79. The number of aliphatic hydroxyl groups is 1. The van der Waals surface area contributed by atoms with E-state index in [-0.39, 0.29) is 25.6 Å². The van der Waals surface area contributed by atoms with Crippen molar-refractivity contribution in [1.82, 2.24) is 9.80 Å². The van der Waals surface area contributed by atoms with Crippen LogP contribution >= 0.6 is 11.6 Å². The van der Waals surface area contributed by atoms with Crippen LogP contribution in [0.2, 0.25) is 0 Å². The third kappa shape index (κ3) is 5.89. The largest absolute Gasteiger partial charge is 0.416 e. The summed E-state index contributed by atoms with van der Waals surface area (Å²) in [4.78, 5) is 16.3. The molecule has 4 atom stereocenters. The zero-order chi connectivity index (χ0) is 27.2. The van der Waals surface area contributed by atoms with Crippen molar-refractivity contribution in [1.29, 1.82) is 0 Å². The smallest absolute Gasteiger partial charge is 0.365 e. The van der Waals surface area contributed by atoms with Crippen LogP contribution in [0.1, 0.15) is 37.0 Å². The minimum absolute atomic E-state index is 0.0144. The van der Waals surface area contributed by atoms with Gasteiger partial charge in [0.25, 0.3) is 0 Å². The van der Waals surface area contributed by atoms with Crippen LogP contribution < -0.4 is 0 Å². The topological polar surface area (TPSA) is 43.8 Å². The summed E-state index contributed by atoms with van der Waals surface area (Å²) in [5.74, 6) is -1.14. The number of allylic oxidation sites excluding steroid dienone is 3. The quantitative estimate of drug-likeness (QED) is 0.304. The number of carbonyl (C=O) groups is 1. The molecule has 2 aliphatic rings. The van der Waals surface area contributed by atoms with Gasteiger partial charge >= 0.3 is 12.4 Å². The molecule has 3 rings (SSSR count). The number of halogens is 8. The van der Waals surface area contributed by atoms with Gasteiger partial charge in [-0.25, -0.2) is 4.39 Å². The van der Waals surface area contributed by atoms with Gasteiger partial charge in [-0.2, -0.15) is 26.3 Å². The van der Waals surface area contributed by atoms with E-state index in [1.807, 2.05) is 0 Å². The number of hydrogen-bond acceptors (Lipinski definition) is 3. The highest BCUT2D eigenvalue weighted by atomic mass is 35.5. The Bertz CT molecular complexity index is 1020. The van der Waals surface area contributed by atoms with Crippen LogP contribution in [0, 0.1) is 5.92 Å². The number of likely N-dealkylation sites (tertiary alicyclic amines) is 1. The highest BCUT2D eigenvalue weighted by Gasteiger charge is 2.45. The van der Waals surface area contributed by atoms with Crippen molar-refractivity contribution in [3.8, 4) is 0 Å². The Morgan fingerprint density at radius 1 is 1.06 bits per heavy atom. The number of alkyl halides is 8.